The van der Waals surface area contributed by atoms with Crippen LogP contribution in [-0.4, -0.2) is 44.1 Å². The molecule has 0 spiro atoms. The molecule has 0 aliphatic heterocycles. The number of hydrogen-bond donors (Lipinski definition) is 3. The molecule has 1 rings (SSSR count). The summed E-state index contributed by atoms with van der Waals surface area (Å²) in [5.74, 6) is 0.121. The summed E-state index contributed by atoms with van der Waals surface area (Å²) in [6, 6.07) is -0.369. The van der Waals surface area contributed by atoms with Crippen molar-refractivity contribution in [2.24, 2.45) is 5.92 Å². The van der Waals surface area contributed by atoms with E-state index in [1.165, 1.54) is 6.33 Å². The smallest absolute Gasteiger partial charge is 0.315 e. The topological polar surface area (TPSA) is 92.1 Å². The van der Waals surface area contributed by atoms with Crippen molar-refractivity contribution < 1.29 is 9.90 Å². The molecule has 0 aliphatic rings. The second-order valence-corrected chi connectivity index (χ2v) is 5.51. The largest absolute Gasteiger partial charge is 0.388 e. The molecule has 0 saturated carbocycles. The molecule has 0 saturated heterocycles. The van der Waals surface area contributed by atoms with Gasteiger partial charge in [0, 0.05) is 12.6 Å². The molecular formula is C13H25N5O2. The Balaban J connectivity index is 2.33. The maximum Gasteiger partial charge on any atom is 0.315 e. The van der Waals surface area contributed by atoms with Crippen LogP contribution in [0.15, 0.2) is 12.7 Å². The van der Waals surface area contributed by atoms with Gasteiger partial charge in [-0.25, -0.2) is 9.78 Å². The highest BCUT2D eigenvalue weighted by molar-refractivity contribution is 5.74. The number of hydrogen-bond acceptors (Lipinski definition) is 4. The van der Waals surface area contributed by atoms with Gasteiger partial charge >= 0.3 is 6.03 Å². The number of nitrogens with zero attached hydrogens (tertiary/aromatic N) is 3. The molecule has 0 bridgehead atoms. The number of rotatable bonds is 7. The SMILES string of the molecule is CCC(C)C(C)(O)CNC(=O)NC(C)Cn1cncn1. The van der Waals surface area contributed by atoms with Gasteiger partial charge in [0.25, 0.3) is 0 Å². The van der Waals surface area contributed by atoms with Crippen molar-refractivity contribution in [3.63, 3.8) is 0 Å². The van der Waals surface area contributed by atoms with E-state index in [2.05, 4.69) is 20.7 Å². The fraction of sp³-hybridized carbons (Fsp3) is 0.769. The first-order valence-electron chi connectivity index (χ1n) is 6.94. The Kier molecular flexibility index (Phi) is 5.94. The predicted molar refractivity (Wildman–Crippen MR) is 76.1 cm³/mol. The van der Waals surface area contributed by atoms with Gasteiger partial charge in [0.1, 0.15) is 12.7 Å². The van der Waals surface area contributed by atoms with Crippen LogP contribution in [0.5, 0.6) is 0 Å². The summed E-state index contributed by atoms with van der Waals surface area (Å²) in [4.78, 5) is 15.6. The van der Waals surface area contributed by atoms with Gasteiger partial charge < -0.3 is 15.7 Å². The highest BCUT2D eigenvalue weighted by atomic mass is 16.3. The zero-order valence-electron chi connectivity index (χ0n) is 12.6. The molecule has 0 aliphatic carbocycles. The highest BCUT2D eigenvalue weighted by Gasteiger charge is 2.27. The monoisotopic (exact) mass is 283 g/mol. The normalized spacial score (nSPS) is 17.1. The van der Waals surface area contributed by atoms with Crippen LogP contribution >= 0.6 is 0 Å². The van der Waals surface area contributed by atoms with E-state index in [1.54, 1.807) is 17.9 Å². The van der Waals surface area contributed by atoms with E-state index in [0.29, 0.717) is 6.54 Å². The molecule has 20 heavy (non-hydrogen) atoms. The van der Waals surface area contributed by atoms with E-state index in [9.17, 15) is 9.90 Å². The molecule has 3 atom stereocenters. The molecule has 7 heteroatoms. The van der Waals surface area contributed by atoms with Crippen LogP contribution in [-0.2, 0) is 6.54 Å². The quantitative estimate of drug-likeness (QED) is 0.689. The van der Waals surface area contributed by atoms with E-state index < -0.39 is 5.60 Å². The second-order valence-electron chi connectivity index (χ2n) is 5.51. The van der Waals surface area contributed by atoms with Gasteiger partial charge in [0.15, 0.2) is 0 Å². The van der Waals surface area contributed by atoms with E-state index in [1.807, 2.05) is 20.8 Å². The van der Waals surface area contributed by atoms with Crippen LogP contribution in [0.2, 0.25) is 0 Å². The predicted octanol–water partition coefficient (Wildman–Crippen LogP) is 0.763. The lowest BCUT2D eigenvalue weighted by Crippen LogP contribution is -2.50. The zero-order chi connectivity index (χ0) is 15.2. The molecule has 1 heterocycles. The second kappa shape index (κ2) is 7.23. The number of carbonyl (C=O) groups is 1. The van der Waals surface area contributed by atoms with E-state index in [-0.39, 0.29) is 24.5 Å². The number of nitrogens with one attached hydrogen (secondary N) is 2. The van der Waals surface area contributed by atoms with Crippen molar-refractivity contribution in [3.05, 3.63) is 12.7 Å². The molecular weight excluding hydrogens is 258 g/mol. The Hall–Kier alpha value is -1.63. The van der Waals surface area contributed by atoms with Crippen LogP contribution in [0.25, 0.3) is 0 Å². The maximum atomic E-state index is 11.8. The Morgan fingerprint density at radius 3 is 2.75 bits per heavy atom. The maximum absolute atomic E-state index is 11.8. The average Bonchev–Trinajstić information content (AvgIpc) is 2.88. The van der Waals surface area contributed by atoms with Gasteiger partial charge in [-0.15, -0.1) is 0 Å². The van der Waals surface area contributed by atoms with E-state index in [0.717, 1.165) is 6.42 Å². The summed E-state index contributed by atoms with van der Waals surface area (Å²) in [6.45, 7) is 8.37. The van der Waals surface area contributed by atoms with Gasteiger partial charge in [-0.3, -0.25) is 4.68 Å². The summed E-state index contributed by atoms with van der Waals surface area (Å²) in [5, 5.41) is 19.7. The Labute approximate surface area is 119 Å². The lowest BCUT2D eigenvalue weighted by molar-refractivity contribution is 0.00783. The number of amides is 2. The molecule has 0 fully saturated rings. The third-order valence-electron chi connectivity index (χ3n) is 3.59. The van der Waals surface area contributed by atoms with Crippen molar-refractivity contribution in [1.82, 2.24) is 25.4 Å². The number of urea groups is 1. The third kappa shape index (κ3) is 5.16. The Morgan fingerprint density at radius 1 is 1.50 bits per heavy atom. The average molecular weight is 283 g/mol. The van der Waals surface area contributed by atoms with Gasteiger partial charge in [-0.05, 0) is 19.8 Å². The standard InChI is InChI=1S/C13H25N5O2/c1-5-10(2)13(4,20)7-15-12(19)17-11(3)6-18-9-14-8-16-18/h8-11,20H,5-7H2,1-4H3,(H2,15,17,19). The minimum absolute atomic E-state index is 0.0785. The molecule has 0 aromatic carbocycles. The summed E-state index contributed by atoms with van der Waals surface area (Å²) in [7, 11) is 0. The summed E-state index contributed by atoms with van der Waals surface area (Å²) in [5.41, 5.74) is -0.902. The van der Waals surface area contributed by atoms with Crippen molar-refractivity contribution in [1.29, 1.82) is 0 Å². The molecule has 1 aromatic rings. The Morgan fingerprint density at radius 2 is 2.20 bits per heavy atom. The minimum Gasteiger partial charge on any atom is -0.388 e. The fourth-order valence-electron chi connectivity index (χ4n) is 1.80. The number of aliphatic hydroxyl groups is 1. The molecule has 3 N–H and O–H groups in total. The zero-order valence-corrected chi connectivity index (χ0v) is 12.6. The first kappa shape index (κ1) is 16.4. The van der Waals surface area contributed by atoms with Crippen molar-refractivity contribution in [3.8, 4) is 0 Å². The first-order chi connectivity index (χ1) is 9.35. The minimum atomic E-state index is -0.902. The van der Waals surface area contributed by atoms with Crippen molar-refractivity contribution >= 4 is 6.03 Å². The van der Waals surface area contributed by atoms with Crippen LogP contribution in [0.3, 0.4) is 0 Å². The summed E-state index contributed by atoms with van der Waals surface area (Å²) < 4.78 is 1.65. The molecule has 1 aromatic heterocycles. The lowest BCUT2D eigenvalue weighted by atomic mass is 9.89. The molecule has 2 amide bonds. The number of aromatic nitrogens is 3. The van der Waals surface area contributed by atoms with Crippen molar-refractivity contribution in [2.75, 3.05) is 6.54 Å². The summed E-state index contributed by atoms with van der Waals surface area (Å²) >= 11 is 0. The van der Waals surface area contributed by atoms with Gasteiger partial charge in [0.2, 0.25) is 0 Å². The number of carbonyl (C=O) groups excluding carboxylic acids is 1. The van der Waals surface area contributed by atoms with Crippen LogP contribution in [0, 0.1) is 5.92 Å². The van der Waals surface area contributed by atoms with Crippen molar-refractivity contribution in [2.45, 2.75) is 52.3 Å². The fourth-order valence-corrected chi connectivity index (χ4v) is 1.80. The van der Waals surface area contributed by atoms with Gasteiger partial charge in [-0.2, -0.15) is 5.10 Å². The highest BCUT2D eigenvalue weighted by Crippen LogP contribution is 2.18. The molecule has 7 nitrogen and oxygen atoms in total. The summed E-state index contributed by atoms with van der Waals surface area (Å²) in [6.07, 6.45) is 3.92. The molecule has 3 unspecified atom stereocenters. The molecule has 114 valence electrons. The van der Waals surface area contributed by atoms with Gasteiger partial charge in [-0.1, -0.05) is 20.3 Å². The van der Waals surface area contributed by atoms with Crippen LogP contribution in [0.4, 0.5) is 4.79 Å². The third-order valence-corrected chi connectivity index (χ3v) is 3.59. The first-order valence-corrected chi connectivity index (χ1v) is 6.94. The van der Waals surface area contributed by atoms with Crippen LogP contribution < -0.4 is 10.6 Å². The van der Waals surface area contributed by atoms with Gasteiger partial charge in [0.05, 0.1) is 12.1 Å². The van der Waals surface area contributed by atoms with E-state index in [4.69, 9.17) is 0 Å². The molecule has 0 radical (unpaired) electrons. The Bertz CT molecular complexity index is 405. The lowest BCUT2D eigenvalue weighted by Gasteiger charge is -2.30. The van der Waals surface area contributed by atoms with Crippen LogP contribution in [0.1, 0.15) is 34.1 Å². The van der Waals surface area contributed by atoms with E-state index >= 15 is 0 Å².